The minimum absolute atomic E-state index is 0.0317. The van der Waals surface area contributed by atoms with Gasteiger partial charge in [0.1, 0.15) is 30.1 Å². The normalized spacial score (nSPS) is 13.7. The maximum atomic E-state index is 9.33. The van der Waals surface area contributed by atoms with Gasteiger partial charge < -0.3 is 24.6 Å². The Labute approximate surface area is 287 Å². The minimum atomic E-state index is -0.861. The molecule has 0 bridgehead atoms. The topological polar surface area (TPSA) is 114 Å². The van der Waals surface area contributed by atoms with Gasteiger partial charge in [0.2, 0.25) is 5.70 Å². The molecule has 0 unspecified atom stereocenters. The fourth-order valence-corrected chi connectivity index (χ4v) is 6.07. The second-order valence-corrected chi connectivity index (χ2v) is 12.8. The lowest BCUT2D eigenvalue weighted by atomic mass is 9.97. The maximum absolute atomic E-state index is 9.33. The van der Waals surface area contributed by atoms with Crippen molar-refractivity contribution in [3.63, 3.8) is 0 Å². The van der Waals surface area contributed by atoms with Crippen molar-refractivity contribution in [3.8, 4) is 17.9 Å². The molecule has 0 saturated carbocycles. The molecule has 8 nitrogen and oxygen atoms in total. The number of benzene rings is 2. The molecule has 2 N–H and O–H groups in total. The summed E-state index contributed by atoms with van der Waals surface area (Å²) < 4.78 is 12.3. The number of aliphatic hydroxyl groups is 2. The zero-order valence-electron chi connectivity index (χ0n) is 27.4. The van der Waals surface area contributed by atoms with Crippen molar-refractivity contribution in [1.82, 2.24) is 0 Å². The summed E-state index contributed by atoms with van der Waals surface area (Å²) in [7, 11) is 0. The molecule has 246 valence electrons. The van der Waals surface area contributed by atoms with Crippen LogP contribution in [0.25, 0.3) is 23.1 Å². The van der Waals surface area contributed by atoms with Crippen LogP contribution in [-0.2, 0) is 11.3 Å². The van der Waals surface area contributed by atoms with Crippen molar-refractivity contribution in [2.45, 2.75) is 51.7 Å². The minimum Gasteiger partial charge on any atom is -0.493 e. The van der Waals surface area contributed by atoms with Crippen molar-refractivity contribution in [2.75, 3.05) is 31.2 Å². The number of nitriles is 2. The molecule has 1 aliphatic heterocycles. The molecule has 4 rings (SSSR count). The fourth-order valence-electron chi connectivity index (χ4n) is 5.25. The van der Waals surface area contributed by atoms with Gasteiger partial charge in [-0.15, -0.1) is 11.3 Å². The number of anilines is 1. The molecular weight excluding hydrogens is 621 g/mol. The van der Waals surface area contributed by atoms with Crippen molar-refractivity contribution in [3.05, 3.63) is 122 Å². The number of thiophene rings is 1. The molecule has 9 heteroatoms. The molecule has 2 aromatic carbocycles. The Kier molecular flexibility index (Phi) is 13.2. The second kappa shape index (κ2) is 17.7. The quantitative estimate of drug-likeness (QED) is 0.0906. The number of allylic oxidation sites excluding steroid dienone is 1. The molecular formula is C39H40N4O4S. The molecule has 0 fully saturated rings. The van der Waals surface area contributed by atoms with Crippen LogP contribution >= 0.6 is 11.3 Å². The smallest absolute Gasteiger partial charge is 0.237 e. The lowest BCUT2D eigenvalue weighted by Crippen LogP contribution is -2.26. The highest BCUT2D eigenvalue weighted by atomic mass is 32.1. The lowest BCUT2D eigenvalue weighted by molar-refractivity contribution is 0.0954. The van der Waals surface area contributed by atoms with Crippen LogP contribution in [0.4, 0.5) is 5.69 Å². The van der Waals surface area contributed by atoms with Gasteiger partial charge >= 0.3 is 0 Å². The third-order valence-electron chi connectivity index (χ3n) is 7.80. The average Bonchev–Trinajstić information content (AvgIpc) is 3.66. The first kappa shape index (κ1) is 35.7. The van der Waals surface area contributed by atoms with Crippen LogP contribution in [-0.4, -0.2) is 42.1 Å². The number of hydrogen-bond acceptors (Lipinski definition) is 8. The predicted molar refractivity (Wildman–Crippen MR) is 191 cm³/mol. The van der Waals surface area contributed by atoms with E-state index in [4.69, 9.17) is 16.0 Å². The van der Waals surface area contributed by atoms with E-state index in [-0.39, 0.29) is 30.2 Å². The lowest BCUT2D eigenvalue weighted by Gasteiger charge is -2.26. The first-order chi connectivity index (χ1) is 23.3. The summed E-state index contributed by atoms with van der Waals surface area (Å²) in [6, 6.07) is 24.0. The van der Waals surface area contributed by atoms with Gasteiger partial charge in [0, 0.05) is 58.9 Å². The van der Waals surface area contributed by atoms with Crippen LogP contribution in [0.3, 0.4) is 0 Å². The first-order valence-electron chi connectivity index (χ1n) is 15.9. The van der Waals surface area contributed by atoms with Crippen LogP contribution < -0.4 is 9.64 Å². The Morgan fingerprint density at radius 2 is 1.56 bits per heavy atom. The van der Waals surface area contributed by atoms with E-state index in [1.54, 1.807) is 11.3 Å². The van der Waals surface area contributed by atoms with E-state index in [9.17, 15) is 20.7 Å². The van der Waals surface area contributed by atoms with Gasteiger partial charge in [-0.05, 0) is 87.6 Å². The molecule has 0 spiro atoms. The highest BCUT2D eigenvalue weighted by molar-refractivity contribution is 7.13. The van der Waals surface area contributed by atoms with Gasteiger partial charge in [-0.1, -0.05) is 36.4 Å². The molecule has 1 aromatic heterocycles. The number of aliphatic hydroxyl groups excluding tert-OH is 2. The van der Waals surface area contributed by atoms with E-state index < -0.39 is 5.60 Å². The van der Waals surface area contributed by atoms with Gasteiger partial charge in [0.05, 0.1) is 6.57 Å². The van der Waals surface area contributed by atoms with Gasteiger partial charge in [-0.25, -0.2) is 4.85 Å². The van der Waals surface area contributed by atoms with Crippen LogP contribution in [0.1, 0.15) is 60.4 Å². The van der Waals surface area contributed by atoms with Gasteiger partial charge in [0.25, 0.3) is 0 Å². The summed E-state index contributed by atoms with van der Waals surface area (Å²) in [4.78, 5) is 7.88. The van der Waals surface area contributed by atoms with Crippen LogP contribution in [0.2, 0.25) is 0 Å². The number of hydrogen-bond donors (Lipinski definition) is 2. The molecule has 48 heavy (non-hydrogen) atoms. The Balaban J connectivity index is 1.59. The molecule has 0 aliphatic carbocycles. The largest absolute Gasteiger partial charge is 0.493 e. The highest BCUT2D eigenvalue weighted by Crippen LogP contribution is 2.41. The molecule has 1 aliphatic rings. The van der Waals surface area contributed by atoms with E-state index in [0.29, 0.717) is 12.2 Å². The fraction of sp³-hybridized carbons (Fsp3) is 0.308. The van der Waals surface area contributed by atoms with Crippen LogP contribution in [0, 0.1) is 29.2 Å². The van der Waals surface area contributed by atoms with Gasteiger partial charge in [-0.3, -0.25) is 0 Å². The molecule has 0 saturated heterocycles. The van der Waals surface area contributed by atoms with E-state index in [1.807, 2.05) is 92.8 Å². The number of rotatable bonds is 16. The average molecular weight is 661 g/mol. The number of nitrogens with zero attached hydrogens (tertiary/aromatic N) is 4. The third kappa shape index (κ3) is 9.47. The zero-order valence-corrected chi connectivity index (χ0v) is 28.2. The Morgan fingerprint density at radius 3 is 2.17 bits per heavy atom. The molecule has 0 atom stereocenters. The van der Waals surface area contributed by atoms with Gasteiger partial charge in [-0.2, -0.15) is 10.5 Å². The Hall–Kier alpha value is -5.11. The second-order valence-electron chi connectivity index (χ2n) is 11.7. The summed E-state index contributed by atoms with van der Waals surface area (Å²) >= 11 is 1.59. The first-order valence-corrected chi connectivity index (χ1v) is 16.7. The predicted octanol–water partition coefficient (Wildman–Crippen LogP) is 8.15. The van der Waals surface area contributed by atoms with Crippen molar-refractivity contribution in [2.24, 2.45) is 0 Å². The number of ether oxygens (including phenoxy) is 2. The summed E-state index contributed by atoms with van der Waals surface area (Å²) in [6.45, 7) is 13.7. The van der Waals surface area contributed by atoms with E-state index >= 15 is 0 Å². The van der Waals surface area contributed by atoms with E-state index in [0.717, 1.165) is 71.1 Å². The Morgan fingerprint density at radius 1 is 0.917 bits per heavy atom. The molecule has 3 aromatic rings. The summed E-state index contributed by atoms with van der Waals surface area (Å²) in [5.41, 5.74) is 2.77. The Bertz CT molecular complexity index is 1770. The molecule has 0 amide bonds. The zero-order chi connectivity index (χ0) is 34.4. The number of unbranched alkanes of at least 4 members (excludes halogenated alkanes) is 2. The monoisotopic (exact) mass is 660 g/mol. The highest BCUT2D eigenvalue weighted by Gasteiger charge is 2.38. The van der Waals surface area contributed by atoms with Crippen molar-refractivity contribution >= 4 is 35.3 Å². The van der Waals surface area contributed by atoms with Crippen LogP contribution in [0.5, 0.6) is 5.75 Å². The standard InChI is InChI=1S/C39H40N4O4S/c1-39(2)35(37(42-3)38(47-39)31(26-40)27-41)20-19-34-18-17-33(48-34)16-14-30-13-15-32(43(21-7-9-23-44)22-8-10-24-45)25-36(30)46-28-29-11-5-4-6-12-29/h4-6,11-20,25,44-45H,7-10,21-24,28H2,1-2H3/b16-14+,20-19+. The van der Waals surface area contributed by atoms with Crippen molar-refractivity contribution in [1.29, 1.82) is 10.5 Å². The molecule has 2 heterocycles. The maximum Gasteiger partial charge on any atom is 0.237 e. The summed E-state index contributed by atoms with van der Waals surface area (Å²) in [6.07, 6.45) is 11.0. The van der Waals surface area contributed by atoms with E-state index in [1.165, 1.54) is 0 Å². The third-order valence-corrected chi connectivity index (χ3v) is 8.81. The molecule has 0 radical (unpaired) electrons. The van der Waals surface area contributed by atoms with Crippen LogP contribution in [0.15, 0.2) is 89.3 Å². The summed E-state index contributed by atoms with van der Waals surface area (Å²) in [5, 5.41) is 37.3. The SMILES string of the molecule is [C-]#[N+]C1=C(/C=C/c2ccc(/C=C/c3ccc(N(CCCCO)CCCCO)cc3OCc3ccccc3)s2)C(C)(C)OC1=C(C#N)C#N. The summed E-state index contributed by atoms with van der Waals surface area (Å²) in [5.74, 6) is 0.794. The van der Waals surface area contributed by atoms with Crippen molar-refractivity contribution < 1.29 is 19.7 Å². The van der Waals surface area contributed by atoms with E-state index in [2.05, 4.69) is 27.9 Å². The van der Waals surface area contributed by atoms with Gasteiger partial charge in [0.15, 0.2) is 11.3 Å².